The standard InChI is InChI=1S/C15H20N2O3S/c1-8-9(2)21-12(16-8)17-10(18)15-7-6-14(5,11(19)20-15)13(15,3)4/h6-7H2,1-5H3,(H,16,17,18)/t14-,15-/m0/s1. The summed E-state index contributed by atoms with van der Waals surface area (Å²) in [5.41, 5.74) is -1.28. The zero-order valence-corrected chi connectivity index (χ0v) is 13.8. The molecule has 2 bridgehead atoms. The number of fused-ring (bicyclic) bond motifs is 2. The lowest BCUT2D eigenvalue weighted by atomic mass is 9.66. The molecule has 6 heteroatoms. The summed E-state index contributed by atoms with van der Waals surface area (Å²) >= 11 is 1.44. The van der Waals surface area contributed by atoms with E-state index in [0.29, 0.717) is 18.0 Å². The number of carbonyl (C=O) groups excluding carboxylic acids is 2. The van der Waals surface area contributed by atoms with Crippen molar-refractivity contribution in [3.63, 3.8) is 0 Å². The molecule has 3 rings (SSSR count). The molecule has 1 aromatic rings. The van der Waals surface area contributed by atoms with Crippen LogP contribution in [0.15, 0.2) is 0 Å². The molecule has 2 heterocycles. The molecular weight excluding hydrogens is 288 g/mol. The highest BCUT2D eigenvalue weighted by atomic mass is 32.1. The molecule has 1 aromatic heterocycles. The van der Waals surface area contributed by atoms with Gasteiger partial charge in [0.25, 0.3) is 5.91 Å². The van der Waals surface area contributed by atoms with Gasteiger partial charge in [0.05, 0.1) is 11.1 Å². The third-order valence-corrected chi connectivity index (χ3v) is 6.69. The van der Waals surface area contributed by atoms with E-state index in [2.05, 4.69) is 10.3 Å². The maximum absolute atomic E-state index is 12.8. The Bertz CT molecular complexity index is 632. The molecule has 0 radical (unpaired) electrons. The predicted molar refractivity (Wildman–Crippen MR) is 80.2 cm³/mol. The van der Waals surface area contributed by atoms with Gasteiger partial charge in [0, 0.05) is 10.3 Å². The molecule has 2 aliphatic rings. The summed E-state index contributed by atoms with van der Waals surface area (Å²) < 4.78 is 5.56. The molecule has 1 aliphatic heterocycles. The highest BCUT2D eigenvalue weighted by Crippen LogP contribution is 2.65. The van der Waals surface area contributed by atoms with E-state index in [1.807, 2.05) is 34.6 Å². The number of hydrogen-bond donors (Lipinski definition) is 1. The van der Waals surface area contributed by atoms with Crippen LogP contribution in [0.25, 0.3) is 0 Å². The fourth-order valence-electron chi connectivity index (χ4n) is 3.47. The molecule has 2 atom stereocenters. The zero-order valence-electron chi connectivity index (χ0n) is 13.0. The maximum Gasteiger partial charge on any atom is 0.313 e. The molecule has 2 fully saturated rings. The van der Waals surface area contributed by atoms with E-state index in [1.54, 1.807) is 0 Å². The monoisotopic (exact) mass is 308 g/mol. The SMILES string of the molecule is Cc1nc(NC(=O)[C@]23CC[C@@](C)(C(=O)O2)C3(C)C)sc1C. The van der Waals surface area contributed by atoms with E-state index in [0.717, 1.165) is 10.6 Å². The van der Waals surface area contributed by atoms with Gasteiger partial charge in [-0.15, -0.1) is 11.3 Å². The number of aryl methyl sites for hydroxylation is 2. The molecule has 0 spiro atoms. The summed E-state index contributed by atoms with van der Waals surface area (Å²) in [6, 6.07) is 0. The summed E-state index contributed by atoms with van der Waals surface area (Å²) in [5.74, 6) is -0.517. The molecule has 21 heavy (non-hydrogen) atoms. The third-order valence-electron chi connectivity index (χ3n) is 5.70. The van der Waals surface area contributed by atoms with Crippen molar-refractivity contribution in [2.75, 3.05) is 5.32 Å². The van der Waals surface area contributed by atoms with Crippen LogP contribution in [0.5, 0.6) is 0 Å². The summed E-state index contributed by atoms with van der Waals surface area (Å²) in [4.78, 5) is 30.4. The Morgan fingerprint density at radius 1 is 1.29 bits per heavy atom. The summed E-state index contributed by atoms with van der Waals surface area (Å²) in [7, 11) is 0. The van der Waals surface area contributed by atoms with Gasteiger partial charge >= 0.3 is 5.97 Å². The van der Waals surface area contributed by atoms with Crippen molar-refractivity contribution in [2.45, 2.75) is 53.1 Å². The summed E-state index contributed by atoms with van der Waals surface area (Å²) in [5, 5.41) is 3.42. The molecule has 1 aliphatic carbocycles. The molecule has 1 saturated heterocycles. The minimum Gasteiger partial charge on any atom is -0.448 e. The van der Waals surface area contributed by atoms with Gasteiger partial charge in [0.2, 0.25) is 0 Å². The fourth-order valence-corrected chi connectivity index (χ4v) is 4.28. The molecule has 1 saturated carbocycles. The average Bonchev–Trinajstić information content (AvgIpc) is 2.85. The number of rotatable bonds is 2. The van der Waals surface area contributed by atoms with Crippen molar-refractivity contribution in [2.24, 2.45) is 10.8 Å². The summed E-state index contributed by atoms with van der Waals surface area (Å²) in [6.07, 6.45) is 1.25. The van der Waals surface area contributed by atoms with Crippen molar-refractivity contribution >= 4 is 28.3 Å². The van der Waals surface area contributed by atoms with Gasteiger partial charge in [0.1, 0.15) is 0 Å². The number of amides is 1. The van der Waals surface area contributed by atoms with E-state index in [-0.39, 0.29) is 11.9 Å². The van der Waals surface area contributed by atoms with E-state index in [9.17, 15) is 9.59 Å². The van der Waals surface area contributed by atoms with Gasteiger partial charge in [0.15, 0.2) is 10.7 Å². The number of hydrogen-bond acceptors (Lipinski definition) is 5. The van der Waals surface area contributed by atoms with Crippen molar-refractivity contribution in [1.82, 2.24) is 4.98 Å². The number of ether oxygens (including phenoxy) is 1. The normalized spacial score (nSPS) is 33.1. The number of carbonyl (C=O) groups is 2. The Kier molecular flexibility index (Phi) is 2.81. The van der Waals surface area contributed by atoms with Gasteiger partial charge in [-0.25, -0.2) is 4.98 Å². The molecule has 114 valence electrons. The van der Waals surface area contributed by atoms with Crippen molar-refractivity contribution < 1.29 is 14.3 Å². The first-order valence-corrected chi connectivity index (χ1v) is 7.95. The van der Waals surface area contributed by atoms with Gasteiger partial charge in [-0.1, -0.05) is 13.8 Å². The number of esters is 1. The molecule has 5 nitrogen and oxygen atoms in total. The molecule has 1 N–H and O–H groups in total. The predicted octanol–water partition coefficient (Wildman–Crippen LogP) is 2.82. The topological polar surface area (TPSA) is 68.3 Å². The lowest BCUT2D eigenvalue weighted by molar-refractivity contribution is -0.165. The Balaban J connectivity index is 1.93. The van der Waals surface area contributed by atoms with Crippen LogP contribution in [-0.4, -0.2) is 22.5 Å². The lowest BCUT2D eigenvalue weighted by Gasteiger charge is -2.35. The quantitative estimate of drug-likeness (QED) is 0.853. The average molecular weight is 308 g/mol. The highest BCUT2D eigenvalue weighted by molar-refractivity contribution is 7.15. The largest absolute Gasteiger partial charge is 0.448 e. The van der Waals surface area contributed by atoms with Crippen LogP contribution in [-0.2, 0) is 14.3 Å². The van der Waals surface area contributed by atoms with Crippen molar-refractivity contribution in [3.05, 3.63) is 10.6 Å². The number of thiazole rings is 1. The van der Waals surface area contributed by atoms with Crippen LogP contribution in [0, 0.1) is 24.7 Å². The highest BCUT2D eigenvalue weighted by Gasteiger charge is 2.75. The minimum absolute atomic E-state index is 0.254. The van der Waals surface area contributed by atoms with Gasteiger partial charge < -0.3 is 4.74 Å². The first-order chi connectivity index (χ1) is 9.64. The first-order valence-electron chi connectivity index (χ1n) is 7.13. The lowest BCUT2D eigenvalue weighted by Crippen LogP contribution is -2.50. The second kappa shape index (κ2) is 4.06. The van der Waals surface area contributed by atoms with E-state index in [4.69, 9.17) is 4.74 Å². The Hall–Kier alpha value is -1.43. The maximum atomic E-state index is 12.8. The smallest absolute Gasteiger partial charge is 0.313 e. The second-order valence-corrected chi connectivity index (χ2v) is 7.99. The number of nitrogens with zero attached hydrogens (tertiary/aromatic N) is 1. The number of nitrogens with one attached hydrogen (secondary N) is 1. The van der Waals surface area contributed by atoms with E-state index < -0.39 is 16.4 Å². The van der Waals surface area contributed by atoms with E-state index in [1.165, 1.54) is 11.3 Å². The second-order valence-electron chi connectivity index (χ2n) is 6.79. The van der Waals surface area contributed by atoms with E-state index >= 15 is 0 Å². The zero-order chi connectivity index (χ0) is 15.6. The van der Waals surface area contributed by atoms with Crippen LogP contribution >= 0.6 is 11.3 Å². The van der Waals surface area contributed by atoms with Crippen LogP contribution in [0.1, 0.15) is 44.2 Å². The Morgan fingerprint density at radius 3 is 2.38 bits per heavy atom. The van der Waals surface area contributed by atoms with Gasteiger partial charge in [-0.3, -0.25) is 14.9 Å². The van der Waals surface area contributed by atoms with Gasteiger partial charge in [-0.05, 0) is 33.6 Å². The molecule has 0 unspecified atom stereocenters. The van der Waals surface area contributed by atoms with Crippen LogP contribution < -0.4 is 5.32 Å². The number of aromatic nitrogens is 1. The Morgan fingerprint density at radius 2 is 1.95 bits per heavy atom. The van der Waals surface area contributed by atoms with Crippen LogP contribution in [0.3, 0.4) is 0 Å². The summed E-state index contributed by atoms with van der Waals surface area (Å²) in [6.45, 7) is 9.67. The van der Waals surface area contributed by atoms with Crippen LogP contribution in [0.4, 0.5) is 5.13 Å². The third kappa shape index (κ3) is 1.59. The molecule has 1 amide bonds. The van der Waals surface area contributed by atoms with Crippen LogP contribution in [0.2, 0.25) is 0 Å². The first kappa shape index (κ1) is 14.5. The Labute approximate surface area is 128 Å². The molecular formula is C15H20N2O3S. The fraction of sp³-hybridized carbons (Fsp3) is 0.667. The van der Waals surface area contributed by atoms with Gasteiger partial charge in [-0.2, -0.15) is 0 Å². The number of anilines is 1. The van der Waals surface area contributed by atoms with Crippen molar-refractivity contribution in [3.8, 4) is 0 Å². The minimum atomic E-state index is -1.08. The van der Waals surface area contributed by atoms with Crippen molar-refractivity contribution in [1.29, 1.82) is 0 Å². The molecule has 0 aromatic carbocycles.